The maximum absolute atomic E-state index is 11.4. The molecule has 1 aromatic rings. The third kappa shape index (κ3) is 2.68. The number of hydrogen-bond donors (Lipinski definition) is 1. The number of nitrogens with zero attached hydrogens (tertiary/aromatic N) is 2. The first kappa shape index (κ1) is 12.1. The number of aryl methyl sites for hydroxylation is 1. The molecule has 1 atom stereocenters. The van der Waals surface area contributed by atoms with Crippen molar-refractivity contribution >= 4 is 5.91 Å². The molecule has 2 rings (SSSR count). The molecule has 0 bridgehead atoms. The van der Waals surface area contributed by atoms with Crippen molar-refractivity contribution in [1.82, 2.24) is 15.1 Å². The average molecular weight is 235 g/mol. The van der Waals surface area contributed by atoms with Crippen molar-refractivity contribution in [3.05, 3.63) is 18.0 Å². The van der Waals surface area contributed by atoms with Crippen molar-refractivity contribution < 1.29 is 4.79 Å². The quantitative estimate of drug-likeness (QED) is 0.847. The zero-order valence-electron chi connectivity index (χ0n) is 10.7. The van der Waals surface area contributed by atoms with Gasteiger partial charge >= 0.3 is 0 Å². The molecule has 4 nitrogen and oxygen atoms in total. The molecule has 1 fully saturated rings. The lowest BCUT2D eigenvalue weighted by Gasteiger charge is -2.27. The van der Waals surface area contributed by atoms with E-state index >= 15 is 0 Å². The average Bonchev–Trinajstić information content (AvgIpc) is 2.88. The molecule has 4 heteroatoms. The van der Waals surface area contributed by atoms with Crippen molar-refractivity contribution in [3.8, 4) is 0 Å². The molecule has 1 N–H and O–H groups in total. The molecule has 1 amide bonds. The van der Waals surface area contributed by atoms with Gasteiger partial charge in [-0.1, -0.05) is 13.8 Å². The summed E-state index contributed by atoms with van der Waals surface area (Å²) in [7, 11) is 0. The van der Waals surface area contributed by atoms with E-state index in [-0.39, 0.29) is 11.4 Å². The van der Waals surface area contributed by atoms with Crippen molar-refractivity contribution in [3.63, 3.8) is 0 Å². The van der Waals surface area contributed by atoms with Crippen LogP contribution in [0.5, 0.6) is 0 Å². The molecule has 94 valence electrons. The van der Waals surface area contributed by atoms with Gasteiger partial charge in [0.15, 0.2) is 0 Å². The van der Waals surface area contributed by atoms with E-state index in [1.165, 1.54) is 5.56 Å². The van der Waals surface area contributed by atoms with Gasteiger partial charge < -0.3 is 5.32 Å². The zero-order chi connectivity index (χ0) is 12.3. The summed E-state index contributed by atoms with van der Waals surface area (Å²) in [6.45, 7) is 5.25. The Balaban J connectivity index is 2.05. The van der Waals surface area contributed by atoms with Crippen LogP contribution in [0.2, 0.25) is 0 Å². The Hall–Kier alpha value is -1.32. The molecule has 2 heterocycles. The van der Waals surface area contributed by atoms with Gasteiger partial charge in [-0.3, -0.25) is 9.48 Å². The van der Waals surface area contributed by atoms with Crippen LogP contribution in [0.3, 0.4) is 0 Å². The van der Waals surface area contributed by atoms with E-state index < -0.39 is 0 Å². The molecule has 1 unspecified atom stereocenters. The van der Waals surface area contributed by atoms with E-state index in [9.17, 15) is 4.79 Å². The first-order chi connectivity index (χ1) is 8.17. The predicted octanol–water partition coefficient (Wildman–Crippen LogP) is 1.89. The predicted molar refractivity (Wildman–Crippen MR) is 66.6 cm³/mol. The van der Waals surface area contributed by atoms with Crippen LogP contribution in [0.1, 0.15) is 45.1 Å². The van der Waals surface area contributed by atoms with Crippen LogP contribution < -0.4 is 5.32 Å². The van der Waals surface area contributed by atoms with Crippen LogP contribution >= 0.6 is 0 Å². The Morgan fingerprint density at radius 1 is 1.53 bits per heavy atom. The maximum Gasteiger partial charge on any atom is 0.220 e. The first-order valence-electron chi connectivity index (χ1n) is 6.50. The highest BCUT2D eigenvalue weighted by molar-refractivity contribution is 5.79. The summed E-state index contributed by atoms with van der Waals surface area (Å²) in [5.41, 5.74) is 1.19. The summed E-state index contributed by atoms with van der Waals surface area (Å²) < 4.78 is 1.98. The van der Waals surface area contributed by atoms with Gasteiger partial charge in [0.1, 0.15) is 0 Å². The molecule has 0 radical (unpaired) electrons. The largest absolute Gasteiger partial charge is 0.350 e. The Morgan fingerprint density at radius 3 is 2.94 bits per heavy atom. The van der Waals surface area contributed by atoms with Crippen molar-refractivity contribution in [1.29, 1.82) is 0 Å². The molecular formula is C13H21N3O. The second-order valence-electron chi connectivity index (χ2n) is 4.97. The van der Waals surface area contributed by atoms with Gasteiger partial charge in [-0.15, -0.1) is 0 Å². The van der Waals surface area contributed by atoms with E-state index in [1.54, 1.807) is 0 Å². The van der Waals surface area contributed by atoms with E-state index in [0.29, 0.717) is 6.42 Å². The number of nitrogens with one attached hydrogen (secondary N) is 1. The van der Waals surface area contributed by atoms with E-state index in [1.807, 2.05) is 10.9 Å². The zero-order valence-corrected chi connectivity index (χ0v) is 10.7. The van der Waals surface area contributed by atoms with Crippen LogP contribution in [-0.4, -0.2) is 21.2 Å². The van der Waals surface area contributed by atoms with Crippen LogP contribution in [-0.2, 0) is 17.8 Å². The van der Waals surface area contributed by atoms with Gasteiger partial charge in [0.2, 0.25) is 5.91 Å². The summed E-state index contributed by atoms with van der Waals surface area (Å²) in [5.74, 6) is 0.188. The third-order valence-electron chi connectivity index (χ3n) is 3.59. The molecular weight excluding hydrogens is 214 g/mol. The molecule has 0 saturated carbocycles. The van der Waals surface area contributed by atoms with Crippen LogP contribution in [0.4, 0.5) is 0 Å². The first-order valence-corrected chi connectivity index (χ1v) is 6.50. The second-order valence-corrected chi connectivity index (χ2v) is 4.97. The number of carbonyl (C=O) groups excluding carboxylic acids is 1. The SMILES string of the molecule is CCCn1cc(CC2(CC)CCC(=O)N2)cn1. The monoisotopic (exact) mass is 235 g/mol. The van der Waals surface area contributed by atoms with Gasteiger partial charge in [-0.2, -0.15) is 5.10 Å². The summed E-state index contributed by atoms with van der Waals surface area (Å²) in [6.07, 6.45) is 8.62. The van der Waals surface area contributed by atoms with Gasteiger partial charge in [0.25, 0.3) is 0 Å². The molecule has 0 spiro atoms. The molecule has 17 heavy (non-hydrogen) atoms. The van der Waals surface area contributed by atoms with Crippen LogP contribution in [0, 0.1) is 0 Å². The van der Waals surface area contributed by atoms with Crippen molar-refractivity contribution in [2.45, 2.75) is 58.0 Å². The van der Waals surface area contributed by atoms with E-state index in [0.717, 1.165) is 32.2 Å². The molecule has 1 aliphatic rings. The Bertz CT molecular complexity index is 399. The molecule has 1 aliphatic heterocycles. The standard InChI is InChI=1S/C13H21N3O/c1-3-7-16-10-11(9-14-16)8-13(4-2)6-5-12(17)15-13/h9-10H,3-8H2,1-2H3,(H,15,17). The van der Waals surface area contributed by atoms with Crippen LogP contribution in [0.15, 0.2) is 12.4 Å². The summed E-state index contributed by atoms with van der Waals surface area (Å²) in [4.78, 5) is 11.4. The highest BCUT2D eigenvalue weighted by Gasteiger charge is 2.36. The fraction of sp³-hybridized carbons (Fsp3) is 0.692. The number of aromatic nitrogens is 2. The van der Waals surface area contributed by atoms with Crippen molar-refractivity contribution in [2.24, 2.45) is 0 Å². The van der Waals surface area contributed by atoms with Crippen molar-refractivity contribution in [2.75, 3.05) is 0 Å². The second kappa shape index (κ2) is 4.90. The molecule has 0 aliphatic carbocycles. The maximum atomic E-state index is 11.4. The number of rotatable bonds is 5. The number of amides is 1. The summed E-state index contributed by atoms with van der Waals surface area (Å²) in [5, 5.41) is 7.47. The highest BCUT2D eigenvalue weighted by atomic mass is 16.2. The Kier molecular flexibility index (Phi) is 3.50. The number of carbonyl (C=O) groups is 1. The Labute approximate surface area is 102 Å². The minimum atomic E-state index is -0.0306. The number of hydrogen-bond acceptors (Lipinski definition) is 2. The molecule has 1 saturated heterocycles. The summed E-state index contributed by atoms with van der Waals surface area (Å²) in [6, 6.07) is 0. The molecule has 1 aromatic heterocycles. The fourth-order valence-electron chi connectivity index (χ4n) is 2.54. The highest BCUT2D eigenvalue weighted by Crippen LogP contribution is 2.27. The third-order valence-corrected chi connectivity index (χ3v) is 3.59. The van der Waals surface area contributed by atoms with Gasteiger partial charge in [0, 0.05) is 24.7 Å². The summed E-state index contributed by atoms with van der Waals surface area (Å²) >= 11 is 0. The van der Waals surface area contributed by atoms with E-state index in [4.69, 9.17) is 0 Å². The van der Waals surface area contributed by atoms with Gasteiger partial charge in [0.05, 0.1) is 6.20 Å². The Morgan fingerprint density at radius 2 is 2.35 bits per heavy atom. The lowest BCUT2D eigenvalue weighted by atomic mass is 9.88. The van der Waals surface area contributed by atoms with E-state index in [2.05, 4.69) is 30.5 Å². The fourth-order valence-corrected chi connectivity index (χ4v) is 2.54. The lowest BCUT2D eigenvalue weighted by molar-refractivity contribution is -0.119. The van der Waals surface area contributed by atoms with Crippen LogP contribution in [0.25, 0.3) is 0 Å². The normalized spacial score (nSPS) is 24.0. The minimum Gasteiger partial charge on any atom is -0.350 e. The molecule has 0 aromatic carbocycles. The van der Waals surface area contributed by atoms with Gasteiger partial charge in [-0.05, 0) is 31.2 Å². The smallest absolute Gasteiger partial charge is 0.220 e. The topological polar surface area (TPSA) is 46.9 Å². The minimum absolute atomic E-state index is 0.0306. The van der Waals surface area contributed by atoms with Gasteiger partial charge in [-0.25, -0.2) is 0 Å². The lowest BCUT2D eigenvalue weighted by Crippen LogP contribution is -2.42.